The smallest absolute Gasteiger partial charge is 0.163 e. The Morgan fingerprint density at radius 1 is 1.31 bits per heavy atom. The first-order chi connectivity index (χ1) is 7.48. The van der Waals surface area contributed by atoms with Gasteiger partial charge in [-0.1, -0.05) is 23.7 Å². The number of aliphatic hydroxyl groups is 1. The fraction of sp³-hybridized carbons (Fsp3) is 0.500. The van der Waals surface area contributed by atoms with Gasteiger partial charge in [-0.15, -0.1) is 0 Å². The molecule has 0 aliphatic heterocycles. The molecule has 3 nitrogen and oxygen atoms in total. The normalized spacial score (nSPS) is 13.8. The van der Waals surface area contributed by atoms with Gasteiger partial charge in [0, 0.05) is 12.1 Å². The molecule has 1 aromatic carbocycles. The van der Waals surface area contributed by atoms with E-state index in [0.29, 0.717) is 5.02 Å². The van der Waals surface area contributed by atoms with Gasteiger partial charge in [-0.05, 0) is 31.5 Å². The highest BCUT2D eigenvalue weighted by molar-refractivity contribution is 6.30. The van der Waals surface area contributed by atoms with E-state index in [2.05, 4.69) is 0 Å². The lowest BCUT2D eigenvalue weighted by atomic mass is 10.1. The highest BCUT2D eigenvalue weighted by atomic mass is 35.5. The first-order valence-corrected chi connectivity index (χ1v) is 5.45. The van der Waals surface area contributed by atoms with Gasteiger partial charge in [-0.2, -0.15) is 0 Å². The lowest BCUT2D eigenvalue weighted by Crippen LogP contribution is -2.30. The van der Waals surface area contributed by atoms with Crippen LogP contribution in [0, 0.1) is 0 Å². The number of aliphatic hydroxyl groups excluding tert-OH is 1. The standard InChI is InChI=1S/C12H17ClO3/c1-12(2,15-3)16-11(8-14)9-4-6-10(13)7-5-9/h4-7,11,14H,8H2,1-3H3. The molecule has 0 spiro atoms. The molecular formula is C12H17ClO3. The van der Waals surface area contributed by atoms with Crippen molar-refractivity contribution < 1.29 is 14.6 Å². The Kier molecular flexibility index (Phi) is 4.74. The molecule has 0 saturated carbocycles. The van der Waals surface area contributed by atoms with Crippen molar-refractivity contribution >= 4 is 11.6 Å². The van der Waals surface area contributed by atoms with Crippen LogP contribution in [0.2, 0.25) is 5.02 Å². The van der Waals surface area contributed by atoms with E-state index in [0.717, 1.165) is 5.56 Å². The molecule has 1 aromatic rings. The highest BCUT2D eigenvalue weighted by Gasteiger charge is 2.23. The molecule has 0 aliphatic rings. The van der Waals surface area contributed by atoms with E-state index < -0.39 is 11.9 Å². The van der Waals surface area contributed by atoms with Crippen LogP contribution >= 0.6 is 11.6 Å². The molecule has 0 radical (unpaired) electrons. The number of hydrogen-bond acceptors (Lipinski definition) is 3. The zero-order valence-electron chi connectivity index (χ0n) is 9.74. The van der Waals surface area contributed by atoms with Crippen LogP contribution in [0.25, 0.3) is 0 Å². The minimum Gasteiger partial charge on any atom is -0.393 e. The fourth-order valence-electron chi connectivity index (χ4n) is 1.28. The highest BCUT2D eigenvalue weighted by Crippen LogP contribution is 2.25. The summed E-state index contributed by atoms with van der Waals surface area (Å²) in [5.41, 5.74) is 0.872. The summed E-state index contributed by atoms with van der Waals surface area (Å²) in [6.45, 7) is 3.49. The average Bonchev–Trinajstić information content (AvgIpc) is 2.27. The van der Waals surface area contributed by atoms with Crippen molar-refractivity contribution in [2.45, 2.75) is 25.7 Å². The van der Waals surface area contributed by atoms with Crippen molar-refractivity contribution in [3.63, 3.8) is 0 Å². The van der Waals surface area contributed by atoms with Crippen molar-refractivity contribution in [3.05, 3.63) is 34.9 Å². The van der Waals surface area contributed by atoms with Gasteiger partial charge in [-0.25, -0.2) is 0 Å². The number of rotatable bonds is 5. The Morgan fingerprint density at radius 3 is 2.31 bits per heavy atom. The zero-order valence-corrected chi connectivity index (χ0v) is 10.5. The van der Waals surface area contributed by atoms with Gasteiger partial charge in [0.1, 0.15) is 6.10 Å². The molecule has 1 unspecified atom stereocenters. The van der Waals surface area contributed by atoms with Gasteiger partial charge >= 0.3 is 0 Å². The Bertz CT molecular complexity index is 322. The third-order valence-electron chi connectivity index (χ3n) is 2.33. The Balaban J connectivity index is 2.78. The molecule has 0 bridgehead atoms. The van der Waals surface area contributed by atoms with Gasteiger partial charge in [0.2, 0.25) is 0 Å². The summed E-state index contributed by atoms with van der Waals surface area (Å²) in [7, 11) is 1.57. The molecule has 0 amide bonds. The summed E-state index contributed by atoms with van der Waals surface area (Å²) in [5, 5.41) is 9.95. The minimum absolute atomic E-state index is 0.103. The fourth-order valence-corrected chi connectivity index (χ4v) is 1.40. The van der Waals surface area contributed by atoms with Crippen LogP contribution in [-0.4, -0.2) is 24.6 Å². The van der Waals surface area contributed by atoms with E-state index in [-0.39, 0.29) is 6.61 Å². The molecular weight excluding hydrogens is 228 g/mol. The molecule has 1 N–H and O–H groups in total. The average molecular weight is 245 g/mol. The number of halogens is 1. The molecule has 0 aliphatic carbocycles. The van der Waals surface area contributed by atoms with E-state index in [1.54, 1.807) is 33.1 Å². The van der Waals surface area contributed by atoms with E-state index in [4.69, 9.17) is 21.1 Å². The molecule has 90 valence electrons. The summed E-state index contributed by atoms with van der Waals surface area (Å²) >= 11 is 5.79. The lowest BCUT2D eigenvalue weighted by Gasteiger charge is -2.28. The van der Waals surface area contributed by atoms with Crippen LogP contribution in [0.3, 0.4) is 0 Å². The third-order valence-corrected chi connectivity index (χ3v) is 2.58. The predicted molar refractivity (Wildman–Crippen MR) is 63.5 cm³/mol. The number of methoxy groups -OCH3 is 1. The van der Waals surface area contributed by atoms with Gasteiger partial charge < -0.3 is 14.6 Å². The van der Waals surface area contributed by atoms with Crippen molar-refractivity contribution in [2.24, 2.45) is 0 Å². The predicted octanol–water partition coefficient (Wildman–Crippen LogP) is 2.77. The van der Waals surface area contributed by atoms with Gasteiger partial charge in [0.15, 0.2) is 5.79 Å². The maximum absolute atomic E-state index is 9.29. The van der Waals surface area contributed by atoms with E-state index >= 15 is 0 Å². The van der Waals surface area contributed by atoms with E-state index in [1.807, 2.05) is 12.1 Å². The van der Waals surface area contributed by atoms with Crippen LogP contribution in [0.1, 0.15) is 25.5 Å². The Hall–Kier alpha value is -0.610. The van der Waals surface area contributed by atoms with Gasteiger partial charge in [-0.3, -0.25) is 0 Å². The second-order valence-electron chi connectivity index (χ2n) is 3.94. The Morgan fingerprint density at radius 2 is 1.88 bits per heavy atom. The third kappa shape index (κ3) is 3.76. The number of ether oxygens (including phenoxy) is 2. The quantitative estimate of drug-likeness (QED) is 0.810. The molecule has 0 aromatic heterocycles. The summed E-state index contributed by atoms with van der Waals surface area (Å²) < 4.78 is 10.8. The SMILES string of the molecule is COC(C)(C)OC(CO)c1ccc(Cl)cc1. The maximum atomic E-state index is 9.29. The van der Waals surface area contributed by atoms with Crippen LogP contribution in [-0.2, 0) is 9.47 Å². The molecule has 16 heavy (non-hydrogen) atoms. The molecule has 1 atom stereocenters. The lowest BCUT2D eigenvalue weighted by molar-refractivity contribution is -0.231. The monoisotopic (exact) mass is 244 g/mol. The van der Waals surface area contributed by atoms with E-state index in [1.165, 1.54) is 0 Å². The number of benzene rings is 1. The van der Waals surface area contributed by atoms with Crippen LogP contribution in [0.4, 0.5) is 0 Å². The van der Waals surface area contributed by atoms with Crippen molar-refractivity contribution in [1.82, 2.24) is 0 Å². The summed E-state index contributed by atoms with van der Waals surface area (Å²) in [6, 6.07) is 7.19. The van der Waals surface area contributed by atoms with Crippen molar-refractivity contribution in [2.75, 3.05) is 13.7 Å². The molecule has 0 saturated heterocycles. The molecule has 0 heterocycles. The summed E-state index contributed by atoms with van der Waals surface area (Å²) in [5.74, 6) is -0.729. The molecule has 4 heteroatoms. The summed E-state index contributed by atoms with van der Waals surface area (Å²) in [4.78, 5) is 0. The van der Waals surface area contributed by atoms with Crippen LogP contribution in [0.15, 0.2) is 24.3 Å². The van der Waals surface area contributed by atoms with Crippen LogP contribution < -0.4 is 0 Å². The Labute approximate surface area is 101 Å². The van der Waals surface area contributed by atoms with Gasteiger partial charge in [0.25, 0.3) is 0 Å². The van der Waals surface area contributed by atoms with Crippen molar-refractivity contribution in [1.29, 1.82) is 0 Å². The topological polar surface area (TPSA) is 38.7 Å². The minimum atomic E-state index is -0.729. The van der Waals surface area contributed by atoms with E-state index in [9.17, 15) is 5.11 Å². The second-order valence-corrected chi connectivity index (χ2v) is 4.38. The first-order valence-electron chi connectivity index (χ1n) is 5.08. The second kappa shape index (κ2) is 5.64. The molecule has 0 fully saturated rings. The van der Waals surface area contributed by atoms with Crippen LogP contribution in [0.5, 0.6) is 0 Å². The van der Waals surface area contributed by atoms with Gasteiger partial charge in [0.05, 0.1) is 6.61 Å². The summed E-state index contributed by atoms with van der Waals surface area (Å²) in [6.07, 6.45) is -0.410. The zero-order chi connectivity index (χ0) is 12.2. The first kappa shape index (κ1) is 13.5. The molecule has 1 rings (SSSR count). The number of hydrogen-bond donors (Lipinski definition) is 1. The maximum Gasteiger partial charge on any atom is 0.163 e. The largest absolute Gasteiger partial charge is 0.393 e. The van der Waals surface area contributed by atoms with Crippen molar-refractivity contribution in [3.8, 4) is 0 Å².